The molecule has 162 valence electrons. The number of carbonyl (C=O) groups is 1. The summed E-state index contributed by atoms with van der Waals surface area (Å²) in [5.41, 5.74) is 1.08. The Morgan fingerprint density at radius 1 is 0.781 bits per heavy atom. The molecule has 0 bridgehead atoms. The average Bonchev–Trinajstić information content (AvgIpc) is 2.86. The molecule has 0 aliphatic carbocycles. The number of aromatic hydroxyl groups is 1. The van der Waals surface area contributed by atoms with Crippen molar-refractivity contribution in [1.82, 2.24) is 0 Å². The van der Waals surface area contributed by atoms with Crippen molar-refractivity contribution >= 4 is 42.7 Å². The zero-order valence-electron chi connectivity index (χ0n) is 17.7. The summed E-state index contributed by atoms with van der Waals surface area (Å²) in [5, 5.41) is 11.2. The summed E-state index contributed by atoms with van der Waals surface area (Å²) in [6.45, 7) is 0. The van der Waals surface area contributed by atoms with Crippen LogP contribution in [0.15, 0.2) is 109 Å². The average molecular weight is 507 g/mol. The van der Waals surface area contributed by atoms with Crippen LogP contribution in [-0.4, -0.2) is 18.2 Å². The summed E-state index contributed by atoms with van der Waals surface area (Å²) < 4.78 is 4.81. The number of carbonyl (C=O) groups excluding carboxylic acids is 1. The second-order valence-corrected chi connectivity index (χ2v) is 16.6. The van der Waals surface area contributed by atoms with E-state index in [-0.39, 0.29) is 5.75 Å². The molecule has 4 aromatic rings. The Bertz CT molecular complexity index is 1130. The van der Waals surface area contributed by atoms with Crippen LogP contribution in [0, 0.1) is 0 Å². The fraction of sp³-hybridized carbons (Fsp3) is 0.0741. The SMILES string of the molecule is COC(=O)c1ccc(CP(Br)(c2ccccc2)(c2ccccc2)c2ccccc2)c(O)c1. The number of phenolic OH excluding ortho intramolecular Hbond substituents is 1. The van der Waals surface area contributed by atoms with Crippen LogP contribution >= 0.6 is 20.8 Å². The summed E-state index contributed by atoms with van der Waals surface area (Å²) in [5.74, 6) is -0.401. The van der Waals surface area contributed by atoms with Crippen LogP contribution in [0.4, 0.5) is 0 Å². The molecule has 0 amide bonds. The first-order valence-corrected chi connectivity index (χ1v) is 14.7. The van der Waals surface area contributed by atoms with E-state index in [2.05, 4.69) is 51.9 Å². The van der Waals surface area contributed by atoms with E-state index in [9.17, 15) is 9.90 Å². The molecule has 0 saturated carbocycles. The number of methoxy groups -OCH3 is 1. The Morgan fingerprint density at radius 3 is 1.59 bits per heavy atom. The fourth-order valence-corrected chi connectivity index (χ4v) is 11.9. The number of halogens is 1. The van der Waals surface area contributed by atoms with Gasteiger partial charge in [-0.25, -0.2) is 0 Å². The zero-order valence-corrected chi connectivity index (χ0v) is 20.2. The Morgan fingerprint density at radius 2 is 1.22 bits per heavy atom. The molecule has 4 rings (SSSR count). The van der Waals surface area contributed by atoms with Gasteiger partial charge in [0.1, 0.15) is 0 Å². The third-order valence-corrected chi connectivity index (χ3v) is 15.4. The van der Waals surface area contributed by atoms with E-state index in [1.54, 1.807) is 6.07 Å². The van der Waals surface area contributed by atoms with Crippen molar-refractivity contribution in [2.24, 2.45) is 0 Å². The molecule has 0 aliphatic heterocycles. The molecular weight excluding hydrogens is 483 g/mol. The van der Waals surface area contributed by atoms with Gasteiger partial charge in [0.15, 0.2) is 0 Å². The third kappa shape index (κ3) is 3.74. The van der Waals surface area contributed by atoms with Crippen LogP contribution < -0.4 is 15.9 Å². The Kier molecular flexibility index (Phi) is 6.19. The minimum absolute atomic E-state index is 0.0733. The van der Waals surface area contributed by atoms with Gasteiger partial charge >= 0.3 is 197 Å². The normalized spacial score (nSPS) is 12.5. The van der Waals surface area contributed by atoms with Gasteiger partial charge in [0, 0.05) is 0 Å². The van der Waals surface area contributed by atoms with Crippen molar-refractivity contribution in [3.63, 3.8) is 0 Å². The maximum absolute atomic E-state index is 12.0. The molecule has 3 nitrogen and oxygen atoms in total. The van der Waals surface area contributed by atoms with E-state index >= 15 is 0 Å². The number of hydrogen-bond donors (Lipinski definition) is 1. The first-order valence-electron chi connectivity index (χ1n) is 10.3. The van der Waals surface area contributed by atoms with Crippen LogP contribution in [0.2, 0.25) is 0 Å². The molecule has 0 spiro atoms. The van der Waals surface area contributed by atoms with E-state index < -0.39 is 11.3 Å². The summed E-state index contributed by atoms with van der Waals surface area (Å²) in [6, 6.07) is 36.2. The van der Waals surface area contributed by atoms with E-state index in [4.69, 9.17) is 4.74 Å². The second-order valence-electron chi connectivity index (χ2n) is 7.68. The number of esters is 1. The number of ether oxygens (including phenoxy) is 1. The van der Waals surface area contributed by atoms with Crippen molar-refractivity contribution < 1.29 is 14.6 Å². The molecule has 0 atom stereocenters. The summed E-state index contributed by atoms with van der Waals surface area (Å²) >= 11 is 4.38. The number of hydrogen-bond acceptors (Lipinski definition) is 3. The van der Waals surface area contributed by atoms with E-state index in [1.807, 2.05) is 60.7 Å². The summed E-state index contributed by atoms with van der Waals surface area (Å²) in [7, 11) is 1.33. The molecule has 0 saturated heterocycles. The van der Waals surface area contributed by atoms with Crippen LogP contribution in [-0.2, 0) is 10.9 Å². The van der Waals surface area contributed by atoms with Crippen molar-refractivity contribution in [2.75, 3.05) is 7.11 Å². The first-order chi connectivity index (χ1) is 15.5. The molecular formula is C27H24BrO3P. The van der Waals surface area contributed by atoms with Crippen LogP contribution in [0.25, 0.3) is 0 Å². The van der Waals surface area contributed by atoms with Crippen LogP contribution in [0.3, 0.4) is 0 Å². The van der Waals surface area contributed by atoms with Gasteiger partial charge in [-0.05, 0) is 0 Å². The van der Waals surface area contributed by atoms with Crippen LogP contribution in [0.1, 0.15) is 15.9 Å². The van der Waals surface area contributed by atoms with E-state index in [1.165, 1.54) is 13.2 Å². The second kappa shape index (κ2) is 8.90. The van der Waals surface area contributed by atoms with Gasteiger partial charge in [-0.15, -0.1) is 0 Å². The first kappa shape index (κ1) is 22.3. The predicted molar refractivity (Wildman–Crippen MR) is 137 cm³/mol. The Hall–Kier alpha value is -2.94. The molecule has 0 aliphatic rings. The molecule has 0 fully saturated rings. The van der Waals surface area contributed by atoms with Gasteiger partial charge in [0.2, 0.25) is 0 Å². The minimum atomic E-state index is -3.23. The molecule has 5 heteroatoms. The van der Waals surface area contributed by atoms with Gasteiger partial charge in [-0.1, -0.05) is 0 Å². The van der Waals surface area contributed by atoms with Gasteiger partial charge in [-0.2, -0.15) is 0 Å². The molecule has 1 N–H and O–H groups in total. The molecule has 4 aromatic carbocycles. The molecule has 0 aromatic heterocycles. The van der Waals surface area contributed by atoms with Crippen LogP contribution in [0.5, 0.6) is 5.75 Å². The number of phenols is 1. The van der Waals surface area contributed by atoms with Gasteiger partial charge in [0.25, 0.3) is 0 Å². The Labute approximate surface area is 196 Å². The quantitative estimate of drug-likeness (QED) is 0.276. The van der Waals surface area contributed by atoms with E-state index in [0.717, 1.165) is 21.5 Å². The standard InChI is InChI=1S/C27H24BrO3P/c1-31-27(30)21-17-18-22(26(29)19-21)20-32(28,23-11-5-2-6-12-23,24-13-7-3-8-14-24)25-15-9-4-10-16-25/h2-19,29H,20H2,1H3. The topological polar surface area (TPSA) is 46.5 Å². The van der Waals surface area contributed by atoms with Crippen molar-refractivity contribution in [1.29, 1.82) is 0 Å². The Balaban J connectivity index is 2.02. The summed E-state index contributed by atoms with van der Waals surface area (Å²) in [4.78, 5) is 12.0. The third-order valence-electron chi connectivity index (χ3n) is 5.86. The van der Waals surface area contributed by atoms with Crippen molar-refractivity contribution in [3.05, 3.63) is 120 Å². The van der Waals surface area contributed by atoms with E-state index in [0.29, 0.717) is 11.7 Å². The monoisotopic (exact) mass is 506 g/mol. The molecule has 0 radical (unpaired) electrons. The molecule has 0 heterocycles. The number of benzene rings is 4. The fourth-order valence-electron chi connectivity index (χ4n) is 4.20. The molecule has 0 unspecified atom stereocenters. The van der Waals surface area contributed by atoms with Gasteiger partial charge in [0.05, 0.1) is 0 Å². The molecule has 32 heavy (non-hydrogen) atoms. The van der Waals surface area contributed by atoms with Crippen molar-refractivity contribution in [2.45, 2.75) is 6.16 Å². The van der Waals surface area contributed by atoms with Crippen molar-refractivity contribution in [3.8, 4) is 5.75 Å². The zero-order chi connectivity index (χ0) is 22.6. The maximum atomic E-state index is 12.0. The van der Waals surface area contributed by atoms with Gasteiger partial charge < -0.3 is 0 Å². The predicted octanol–water partition coefficient (Wildman–Crippen LogP) is 5.52. The van der Waals surface area contributed by atoms with Gasteiger partial charge in [-0.3, -0.25) is 0 Å². The number of rotatable bonds is 6. The summed E-state index contributed by atoms with van der Waals surface area (Å²) in [6.07, 6.45) is 0.539.